The normalized spacial score (nSPS) is 27.4. The number of hydrogen-bond donors (Lipinski definition) is 2. The molecule has 1 unspecified atom stereocenters. The highest BCUT2D eigenvalue weighted by molar-refractivity contribution is 5.82. The summed E-state index contributed by atoms with van der Waals surface area (Å²) < 4.78 is 5.27. The Morgan fingerprint density at radius 2 is 2.29 bits per heavy atom. The smallest absolute Gasteiger partial charge is 0.236 e. The molecule has 0 saturated carbocycles. The van der Waals surface area contributed by atoms with Crippen molar-refractivity contribution in [1.82, 2.24) is 20.8 Å². The second-order valence-corrected chi connectivity index (χ2v) is 3.35. The van der Waals surface area contributed by atoms with Crippen LogP contribution in [0.25, 0.3) is 0 Å². The number of carbonyl (C=O) groups excluding carboxylic acids is 1. The number of amides is 1. The van der Waals surface area contributed by atoms with E-state index in [4.69, 9.17) is 4.42 Å². The van der Waals surface area contributed by atoms with Crippen LogP contribution in [-0.4, -0.2) is 28.7 Å². The second-order valence-electron chi connectivity index (χ2n) is 3.35. The summed E-state index contributed by atoms with van der Waals surface area (Å²) in [4.78, 5) is 11.1. The third-order valence-electron chi connectivity index (χ3n) is 2.16. The summed E-state index contributed by atoms with van der Waals surface area (Å²) in [5, 5.41) is 13.5. The summed E-state index contributed by atoms with van der Waals surface area (Å²) in [5.41, 5.74) is 0. The van der Waals surface area contributed by atoms with E-state index in [9.17, 15) is 4.79 Å². The Balaban J connectivity index is 2.10. The number of carbonyl (C=O) groups is 1. The van der Waals surface area contributed by atoms with Gasteiger partial charge in [-0.3, -0.25) is 10.1 Å². The van der Waals surface area contributed by atoms with Crippen LogP contribution in [0.2, 0.25) is 0 Å². The Hall–Kier alpha value is -1.43. The molecular formula is C8H12N4O2. The molecule has 6 nitrogen and oxygen atoms in total. The maximum Gasteiger partial charge on any atom is 0.236 e. The van der Waals surface area contributed by atoms with Crippen LogP contribution in [0.3, 0.4) is 0 Å². The second kappa shape index (κ2) is 3.38. The van der Waals surface area contributed by atoms with Crippen molar-refractivity contribution in [2.75, 3.05) is 6.54 Å². The molecule has 1 fully saturated rings. The quantitative estimate of drug-likeness (QED) is 0.634. The van der Waals surface area contributed by atoms with Crippen molar-refractivity contribution in [3.05, 3.63) is 11.8 Å². The van der Waals surface area contributed by atoms with Gasteiger partial charge >= 0.3 is 0 Å². The first-order valence-corrected chi connectivity index (χ1v) is 4.50. The molecule has 0 bridgehead atoms. The van der Waals surface area contributed by atoms with Crippen molar-refractivity contribution in [3.8, 4) is 0 Å². The van der Waals surface area contributed by atoms with E-state index in [0.29, 0.717) is 18.3 Å². The van der Waals surface area contributed by atoms with E-state index in [1.807, 2.05) is 0 Å². The van der Waals surface area contributed by atoms with Crippen LogP contribution in [0.15, 0.2) is 4.42 Å². The van der Waals surface area contributed by atoms with Gasteiger partial charge in [-0.25, -0.2) is 0 Å². The number of hydrogen-bond acceptors (Lipinski definition) is 5. The summed E-state index contributed by atoms with van der Waals surface area (Å²) in [7, 11) is 0. The van der Waals surface area contributed by atoms with E-state index in [1.54, 1.807) is 13.8 Å². The van der Waals surface area contributed by atoms with Crippen LogP contribution in [-0.2, 0) is 4.79 Å². The molecule has 14 heavy (non-hydrogen) atoms. The molecule has 1 aliphatic rings. The van der Waals surface area contributed by atoms with E-state index in [-0.39, 0.29) is 18.0 Å². The van der Waals surface area contributed by atoms with Crippen molar-refractivity contribution in [3.63, 3.8) is 0 Å². The Bertz CT molecular complexity index is 349. The van der Waals surface area contributed by atoms with Crippen LogP contribution in [0.1, 0.15) is 24.7 Å². The van der Waals surface area contributed by atoms with Crippen molar-refractivity contribution in [2.45, 2.75) is 25.9 Å². The molecule has 0 aromatic carbocycles. The zero-order valence-corrected chi connectivity index (χ0v) is 8.07. The minimum atomic E-state index is -0.221. The summed E-state index contributed by atoms with van der Waals surface area (Å²) in [6, 6.07) is -0.301. The van der Waals surface area contributed by atoms with Gasteiger partial charge in [-0.05, 0) is 6.92 Å². The van der Waals surface area contributed by atoms with E-state index in [2.05, 4.69) is 20.8 Å². The van der Waals surface area contributed by atoms with Crippen LogP contribution in [0.4, 0.5) is 0 Å². The van der Waals surface area contributed by atoms with Crippen LogP contribution < -0.4 is 10.6 Å². The molecule has 2 N–H and O–H groups in total. The Morgan fingerprint density at radius 1 is 1.50 bits per heavy atom. The molecule has 2 atom stereocenters. The first-order valence-electron chi connectivity index (χ1n) is 4.50. The van der Waals surface area contributed by atoms with Gasteiger partial charge in [0.2, 0.25) is 17.7 Å². The largest absolute Gasteiger partial charge is 0.424 e. The standard InChI is InChI=1S/C8H12N4O2/c1-4-7(13)9-3-6(10-4)8-12-11-5(2)14-8/h4,6,10H,3H2,1-2H3,(H,9,13)/t4-,6?/m1/s1. The molecule has 2 heterocycles. The Kier molecular flexibility index (Phi) is 2.20. The lowest BCUT2D eigenvalue weighted by Gasteiger charge is -2.26. The molecule has 0 spiro atoms. The number of piperazine rings is 1. The molecule has 1 aromatic rings. The van der Waals surface area contributed by atoms with Gasteiger partial charge < -0.3 is 9.73 Å². The fourth-order valence-corrected chi connectivity index (χ4v) is 1.40. The number of rotatable bonds is 1. The Labute approximate surface area is 81.1 Å². The summed E-state index contributed by atoms with van der Waals surface area (Å²) in [5.74, 6) is 1.05. The van der Waals surface area contributed by atoms with Gasteiger partial charge in [0.05, 0.1) is 6.04 Å². The van der Waals surface area contributed by atoms with Crippen LogP contribution in [0, 0.1) is 6.92 Å². The lowest BCUT2D eigenvalue weighted by Crippen LogP contribution is -2.53. The topological polar surface area (TPSA) is 80.0 Å². The number of nitrogens with zero attached hydrogens (tertiary/aromatic N) is 2. The molecule has 1 saturated heterocycles. The minimum Gasteiger partial charge on any atom is -0.424 e. The minimum absolute atomic E-state index is 0.00233. The van der Waals surface area contributed by atoms with Crippen molar-refractivity contribution in [1.29, 1.82) is 0 Å². The number of nitrogens with one attached hydrogen (secondary N) is 2. The van der Waals surface area contributed by atoms with Crippen molar-refractivity contribution >= 4 is 5.91 Å². The third kappa shape index (κ3) is 1.60. The molecule has 6 heteroatoms. The SMILES string of the molecule is Cc1nnc(C2CNC(=O)[C@@H](C)N2)o1. The summed E-state index contributed by atoms with van der Waals surface area (Å²) in [6.07, 6.45) is 0. The zero-order chi connectivity index (χ0) is 10.1. The molecule has 0 radical (unpaired) electrons. The molecule has 2 rings (SSSR count). The molecule has 0 aliphatic carbocycles. The predicted octanol–water partition coefficient (Wildman–Crippen LogP) is -0.473. The molecular weight excluding hydrogens is 184 g/mol. The van der Waals surface area contributed by atoms with Gasteiger partial charge in [-0.15, -0.1) is 10.2 Å². The average Bonchev–Trinajstić information content (AvgIpc) is 2.57. The van der Waals surface area contributed by atoms with Crippen molar-refractivity contribution < 1.29 is 9.21 Å². The van der Waals surface area contributed by atoms with E-state index in [1.165, 1.54) is 0 Å². The van der Waals surface area contributed by atoms with E-state index in [0.717, 1.165) is 0 Å². The maximum absolute atomic E-state index is 11.1. The van der Waals surface area contributed by atoms with E-state index >= 15 is 0 Å². The van der Waals surface area contributed by atoms with Crippen molar-refractivity contribution in [2.24, 2.45) is 0 Å². The van der Waals surface area contributed by atoms with Gasteiger partial charge in [0, 0.05) is 13.5 Å². The average molecular weight is 196 g/mol. The summed E-state index contributed by atoms with van der Waals surface area (Å²) >= 11 is 0. The lowest BCUT2D eigenvalue weighted by atomic mass is 10.1. The maximum atomic E-state index is 11.1. The highest BCUT2D eigenvalue weighted by atomic mass is 16.4. The van der Waals surface area contributed by atoms with Gasteiger partial charge in [0.1, 0.15) is 6.04 Å². The van der Waals surface area contributed by atoms with Gasteiger partial charge in [0.15, 0.2) is 0 Å². The zero-order valence-electron chi connectivity index (χ0n) is 8.07. The van der Waals surface area contributed by atoms with Crippen LogP contribution in [0.5, 0.6) is 0 Å². The first-order chi connectivity index (χ1) is 6.66. The van der Waals surface area contributed by atoms with E-state index < -0.39 is 0 Å². The van der Waals surface area contributed by atoms with Gasteiger partial charge in [-0.1, -0.05) is 0 Å². The molecule has 1 aliphatic heterocycles. The lowest BCUT2D eigenvalue weighted by molar-refractivity contribution is -0.124. The van der Waals surface area contributed by atoms with Gasteiger partial charge in [-0.2, -0.15) is 0 Å². The molecule has 76 valence electrons. The highest BCUT2D eigenvalue weighted by Crippen LogP contribution is 2.13. The van der Waals surface area contributed by atoms with Gasteiger partial charge in [0.25, 0.3) is 0 Å². The monoisotopic (exact) mass is 196 g/mol. The number of aryl methyl sites for hydroxylation is 1. The first kappa shape index (κ1) is 9.14. The predicted molar refractivity (Wildman–Crippen MR) is 47.4 cm³/mol. The number of aromatic nitrogens is 2. The fourth-order valence-electron chi connectivity index (χ4n) is 1.40. The molecule has 1 aromatic heterocycles. The molecule has 1 amide bonds. The fraction of sp³-hybridized carbons (Fsp3) is 0.625. The summed E-state index contributed by atoms with van der Waals surface area (Å²) in [6.45, 7) is 4.02. The third-order valence-corrected chi connectivity index (χ3v) is 2.16. The van der Waals surface area contributed by atoms with Crippen LogP contribution >= 0.6 is 0 Å². The highest BCUT2D eigenvalue weighted by Gasteiger charge is 2.28. The Morgan fingerprint density at radius 3 is 2.86 bits per heavy atom.